The van der Waals surface area contributed by atoms with Crippen molar-refractivity contribution in [2.45, 2.75) is 32.2 Å². The molecule has 0 N–H and O–H groups in total. The Hall–Kier alpha value is -2.15. The molecule has 3 aliphatic rings. The summed E-state index contributed by atoms with van der Waals surface area (Å²) < 4.78 is 18.9. The zero-order valence-corrected chi connectivity index (χ0v) is 17.1. The lowest BCUT2D eigenvalue weighted by atomic mass is 9.94. The second-order valence-electron chi connectivity index (χ2n) is 8.43. The number of hydrogen-bond acceptors (Lipinski definition) is 4. The van der Waals surface area contributed by atoms with E-state index in [-0.39, 0.29) is 29.5 Å². The lowest BCUT2D eigenvalue weighted by Crippen LogP contribution is -2.51. The van der Waals surface area contributed by atoms with Gasteiger partial charge in [-0.25, -0.2) is 4.39 Å². The molecule has 0 radical (unpaired) electrons. The summed E-state index contributed by atoms with van der Waals surface area (Å²) >= 11 is 0. The van der Waals surface area contributed by atoms with Gasteiger partial charge in [-0.15, -0.1) is 0 Å². The summed E-state index contributed by atoms with van der Waals surface area (Å²) in [6.45, 7) is 4.96. The van der Waals surface area contributed by atoms with E-state index in [9.17, 15) is 14.0 Å². The number of nitrogens with zero attached hydrogens (tertiary/aromatic N) is 3. The van der Waals surface area contributed by atoms with Gasteiger partial charge in [-0.1, -0.05) is 0 Å². The minimum absolute atomic E-state index is 0.0353. The van der Waals surface area contributed by atoms with Crippen LogP contribution in [0.1, 0.15) is 31.2 Å². The maximum Gasteiger partial charge on any atom is 0.225 e. The number of methoxy groups -OCH3 is 1. The number of piperazine rings is 1. The second-order valence-corrected chi connectivity index (χ2v) is 8.43. The van der Waals surface area contributed by atoms with E-state index in [1.54, 1.807) is 13.2 Å². The number of halogens is 1. The average molecular weight is 403 g/mol. The fraction of sp³-hybridized carbons (Fsp3) is 0.636. The SMILES string of the molecule is COc1ccc(F)cc1CN1CCN(C(=O)C2CCN(C(=O)C3CC3)CC2)CC1. The van der Waals surface area contributed by atoms with Crippen molar-refractivity contribution in [2.75, 3.05) is 46.4 Å². The van der Waals surface area contributed by atoms with E-state index in [1.807, 2.05) is 9.80 Å². The monoisotopic (exact) mass is 403 g/mol. The molecule has 2 saturated heterocycles. The van der Waals surface area contributed by atoms with Gasteiger partial charge in [-0.2, -0.15) is 0 Å². The predicted molar refractivity (Wildman–Crippen MR) is 107 cm³/mol. The molecule has 4 rings (SSSR count). The number of ether oxygens (including phenoxy) is 1. The highest BCUT2D eigenvalue weighted by atomic mass is 19.1. The first-order valence-corrected chi connectivity index (χ1v) is 10.7. The van der Waals surface area contributed by atoms with Crippen LogP contribution in [0.4, 0.5) is 4.39 Å². The Kier molecular flexibility index (Phi) is 6.04. The van der Waals surface area contributed by atoms with E-state index < -0.39 is 0 Å². The van der Waals surface area contributed by atoms with Crippen LogP contribution in [0, 0.1) is 17.7 Å². The van der Waals surface area contributed by atoms with Crippen LogP contribution >= 0.6 is 0 Å². The fourth-order valence-electron chi connectivity index (χ4n) is 4.43. The van der Waals surface area contributed by atoms with Crippen molar-refractivity contribution in [3.8, 4) is 5.75 Å². The zero-order chi connectivity index (χ0) is 20.4. The molecule has 2 amide bonds. The number of amides is 2. The van der Waals surface area contributed by atoms with Crippen LogP contribution in [0.15, 0.2) is 18.2 Å². The average Bonchev–Trinajstić information content (AvgIpc) is 3.59. The Morgan fingerprint density at radius 2 is 1.52 bits per heavy atom. The van der Waals surface area contributed by atoms with E-state index in [0.29, 0.717) is 38.5 Å². The molecule has 158 valence electrons. The largest absolute Gasteiger partial charge is 0.496 e. The first kappa shape index (κ1) is 20.1. The molecule has 0 atom stereocenters. The molecular weight excluding hydrogens is 373 g/mol. The van der Waals surface area contributed by atoms with E-state index in [1.165, 1.54) is 12.1 Å². The molecule has 1 saturated carbocycles. The smallest absolute Gasteiger partial charge is 0.225 e. The van der Waals surface area contributed by atoms with Gasteiger partial charge in [0, 0.05) is 63.2 Å². The maximum absolute atomic E-state index is 13.6. The second kappa shape index (κ2) is 8.69. The summed E-state index contributed by atoms with van der Waals surface area (Å²) in [6.07, 6.45) is 3.61. The van der Waals surface area contributed by atoms with Crippen LogP contribution in [-0.2, 0) is 16.1 Å². The van der Waals surface area contributed by atoms with Crippen molar-refractivity contribution >= 4 is 11.8 Å². The number of carbonyl (C=O) groups excluding carboxylic acids is 2. The summed E-state index contributed by atoms with van der Waals surface area (Å²) in [5.41, 5.74) is 0.833. The van der Waals surface area contributed by atoms with Gasteiger partial charge in [0.15, 0.2) is 0 Å². The number of benzene rings is 1. The molecule has 3 fully saturated rings. The first-order chi connectivity index (χ1) is 14.0. The summed E-state index contributed by atoms with van der Waals surface area (Å²) in [6, 6.07) is 4.58. The van der Waals surface area contributed by atoms with Crippen LogP contribution in [0.3, 0.4) is 0 Å². The molecule has 0 bridgehead atoms. The van der Waals surface area contributed by atoms with Gasteiger partial charge in [0.25, 0.3) is 0 Å². The molecule has 6 nitrogen and oxygen atoms in total. The lowest BCUT2D eigenvalue weighted by Gasteiger charge is -2.38. The summed E-state index contributed by atoms with van der Waals surface area (Å²) in [5, 5.41) is 0. The molecular formula is C22H30FN3O3. The zero-order valence-electron chi connectivity index (χ0n) is 17.1. The molecule has 0 spiro atoms. The molecule has 1 aromatic rings. The summed E-state index contributed by atoms with van der Waals surface area (Å²) in [7, 11) is 1.59. The lowest BCUT2D eigenvalue weighted by molar-refractivity contribution is -0.142. The molecule has 0 unspecified atom stereocenters. The van der Waals surface area contributed by atoms with Gasteiger partial charge < -0.3 is 14.5 Å². The first-order valence-electron chi connectivity index (χ1n) is 10.7. The molecule has 2 heterocycles. The van der Waals surface area contributed by atoms with Crippen molar-refractivity contribution in [1.29, 1.82) is 0 Å². The number of rotatable bonds is 5. The third-order valence-corrected chi connectivity index (χ3v) is 6.40. The van der Waals surface area contributed by atoms with Crippen LogP contribution in [0.5, 0.6) is 5.75 Å². The van der Waals surface area contributed by atoms with Crippen LogP contribution in [0.2, 0.25) is 0 Å². The third kappa shape index (κ3) is 4.71. The van der Waals surface area contributed by atoms with E-state index in [2.05, 4.69) is 4.90 Å². The molecule has 2 aliphatic heterocycles. The Balaban J connectivity index is 1.25. The topological polar surface area (TPSA) is 53.1 Å². The third-order valence-electron chi connectivity index (χ3n) is 6.40. The van der Waals surface area contributed by atoms with Gasteiger partial charge in [0.05, 0.1) is 7.11 Å². The van der Waals surface area contributed by atoms with Gasteiger partial charge in [0.2, 0.25) is 11.8 Å². The Labute approximate surface area is 171 Å². The Bertz CT molecular complexity index is 752. The number of carbonyl (C=O) groups is 2. The molecule has 1 aromatic carbocycles. The minimum atomic E-state index is -0.263. The number of hydrogen-bond donors (Lipinski definition) is 0. The standard InChI is InChI=1S/C22H30FN3O3/c1-29-20-5-4-19(23)14-18(20)15-24-10-12-26(13-11-24)22(28)17-6-8-25(9-7-17)21(27)16-2-3-16/h4-5,14,16-17H,2-3,6-13,15H2,1H3. The highest BCUT2D eigenvalue weighted by molar-refractivity contribution is 5.82. The van der Waals surface area contributed by atoms with Gasteiger partial charge in [-0.3, -0.25) is 14.5 Å². The van der Waals surface area contributed by atoms with Crippen molar-refractivity contribution in [3.05, 3.63) is 29.6 Å². The van der Waals surface area contributed by atoms with Gasteiger partial charge >= 0.3 is 0 Å². The van der Waals surface area contributed by atoms with Gasteiger partial charge in [0.1, 0.15) is 11.6 Å². The van der Waals surface area contributed by atoms with Crippen LogP contribution < -0.4 is 4.74 Å². The summed E-state index contributed by atoms with van der Waals surface area (Å²) in [4.78, 5) is 31.2. The van der Waals surface area contributed by atoms with Crippen molar-refractivity contribution in [2.24, 2.45) is 11.8 Å². The molecule has 29 heavy (non-hydrogen) atoms. The van der Waals surface area contributed by atoms with Gasteiger partial charge in [-0.05, 0) is 43.9 Å². The van der Waals surface area contributed by atoms with Crippen LogP contribution in [0.25, 0.3) is 0 Å². The normalized spacial score (nSPS) is 21.3. The predicted octanol–water partition coefficient (Wildman–Crippen LogP) is 2.13. The fourth-order valence-corrected chi connectivity index (χ4v) is 4.43. The summed E-state index contributed by atoms with van der Waals surface area (Å²) in [5.74, 6) is 1.24. The van der Waals surface area contributed by atoms with E-state index >= 15 is 0 Å². The van der Waals surface area contributed by atoms with Crippen molar-refractivity contribution < 1.29 is 18.7 Å². The van der Waals surface area contributed by atoms with Crippen molar-refractivity contribution in [3.63, 3.8) is 0 Å². The Morgan fingerprint density at radius 1 is 0.931 bits per heavy atom. The van der Waals surface area contributed by atoms with Crippen molar-refractivity contribution in [1.82, 2.24) is 14.7 Å². The van der Waals surface area contributed by atoms with E-state index in [4.69, 9.17) is 4.74 Å². The van der Waals surface area contributed by atoms with Crippen LogP contribution in [-0.4, -0.2) is 72.9 Å². The maximum atomic E-state index is 13.6. The quantitative estimate of drug-likeness (QED) is 0.756. The molecule has 0 aromatic heterocycles. The number of piperidine rings is 1. The highest BCUT2D eigenvalue weighted by Crippen LogP contribution is 2.32. The minimum Gasteiger partial charge on any atom is -0.496 e. The number of likely N-dealkylation sites (tertiary alicyclic amines) is 1. The molecule has 1 aliphatic carbocycles. The molecule has 7 heteroatoms. The van der Waals surface area contributed by atoms with E-state index in [0.717, 1.165) is 44.3 Å². The highest BCUT2D eigenvalue weighted by Gasteiger charge is 2.37. The Morgan fingerprint density at radius 3 is 2.10 bits per heavy atom.